The lowest BCUT2D eigenvalue weighted by molar-refractivity contribution is 0.125. The van der Waals surface area contributed by atoms with Crippen molar-refractivity contribution < 1.29 is 14.6 Å². The van der Waals surface area contributed by atoms with Crippen molar-refractivity contribution in [2.24, 2.45) is 0 Å². The van der Waals surface area contributed by atoms with Crippen LogP contribution >= 0.6 is 0 Å². The lowest BCUT2D eigenvalue weighted by Gasteiger charge is -2.30. The van der Waals surface area contributed by atoms with Gasteiger partial charge in [0.1, 0.15) is 17.2 Å². The van der Waals surface area contributed by atoms with E-state index in [0.717, 1.165) is 0 Å². The van der Waals surface area contributed by atoms with E-state index in [0.29, 0.717) is 22.3 Å². The number of phenolic OH excluding ortho intramolecular Hbond substituents is 1. The summed E-state index contributed by atoms with van der Waals surface area (Å²) in [6.45, 7) is 1.77. The molecule has 0 saturated carbocycles. The fourth-order valence-electron chi connectivity index (χ4n) is 2.75. The fraction of sp³-hybridized carbons (Fsp3) is 0.100. The Morgan fingerprint density at radius 3 is 1.96 bits per heavy atom. The lowest BCUT2D eigenvalue weighted by Crippen LogP contribution is -2.28. The molecule has 0 amide bonds. The topological polar surface area (TPSA) is 40.5 Å². The Morgan fingerprint density at radius 1 is 0.783 bits per heavy atom. The highest BCUT2D eigenvalue weighted by atomic mass is 19.1. The smallest absolute Gasteiger partial charge is 0.140 e. The zero-order valence-electron chi connectivity index (χ0n) is 12.7. The summed E-state index contributed by atoms with van der Waals surface area (Å²) in [6, 6.07) is 20.0. The molecule has 3 rings (SSSR count). The van der Waals surface area contributed by atoms with Crippen LogP contribution < -0.4 is 0 Å². The van der Waals surface area contributed by atoms with Crippen molar-refractivity contribution in [2.75, 3.05) is 0 Å². The summed E-state index contributed by atoms with van der Waals surface area (Å²) in [5.41, 5.74) is 1.10. The van der Waals surface area contributed by atoms with Crippen LogP contribution in [0, 0.1) is 12.7 Å². The van der Waals surface area contributed by atoms with E-state index in [1.54, 1.807) is 37.3 Å². The van der Waals surface area contributed by atoms with Gasteiger partial charge < -0.3 is 10.2 Å². The Hall–Kier alpha value is -2.65. The van der Waals surface area contributed by atoms with Gasteiger partial charge in [-0.1, -0.05) is 48.5 Å². The summed E-state index contributed by atoms with van der Waals surface area (Å²) in [6.07, 6.45) is 0. The first-order valence-electron chi connectivity index (χ1n) is 7.36. The highest BCUT2D eigenvalue weighted by Crippen LogP contribution is 2.38. The third-order valence-corrected chi connectivity index (χ3v) is 4.07. The minimum absolute atomic E-state index is 0.170. The number of benzene rings is 3. The standard InChI is InChI=1S/C20H17FO2/c1-14-13-17(9-12-19(14)22)20(23,15-5-3-2-4-6-15)16-7-10-18(21)11-8-16/h2-13,22-23H,1H3. The maximum absolute atomic E-state index is 13.3. The van der Waals surface area contributed by atoms with Crippen LogP contribution in [0.5, 0.6) is 5.75 Å². The molecule has 0 aromatic heterocycles. The minimum atomic E-state index is -1.42. The van der Waals surface area contributed by atoms with E-state index in [4.69, 9.17) is 0 Å². The van der Waals surface area contributed by atoms with Crippen LogP contribution in [0.15, 0.2) is 72.8 Å². The molecule has 0 fully saturated rings. The quantitative estimate of drug-likeness (QED) is 0.714. The Balaban J connectivity index is 2.25. The molecule has 1 atom stereocenters. The average Bonchev–Trinajstić information content (AvgIpc) is 2.58. The van der Waals surface area contributed by atoms with Crippen molar-refractivity contribution in [3.63, 3.8) is 0 Å². The van der Waals surface area contributed by atoms with Gasteiger partial charge in [-0.15, -0.1) is 0 Å². The SMILES string of the molecule is Cc1cc(C(O)(c2ccccc2)c2ccc(F)cc2)ccc1O. The third kappa shape index (κ3) is 2.71. The molecule has 0 bridgehead atoms. The number of rotatable bonds is 3. The highest BCUT2D eigenvalue weighted by Gasteiger charge is 2.34. The zero-order chi connectivity index (χ0) is 16.4. The number of aryl methyl sites for hydroxylation is 1. The molecular weight excluding hydrogens is 291 g/mol. The van der Waals surface area contributed by atoms with Crippen molar-refractivity contribution in [3.05, 3.63) is 101 Å². The first kappa shape index (κ1) is 15.3. The maximum Gasteiger partial charge on any atom is 0.140 e. The molecule has 23 heavy (non-hydrogen) atoms. The second-order valence-electron chi connectivity index (χ2n) is 5.58. The Kier molecular flexibility index (Phi) is 3.89. The van der Waals surface area contributed by atoms with Crippen LogP contribution in [-0.4, -0.2) is 10.2 Å². The Labute approximate surface area is 134 Å². The molecule has 1 unspecified atom stereocenters. The molecule has 0 heterocycles. The third-order valence-electron chi connectivity index (χ3n) is 4.07. The van der Waals surface area contributed by atoms with Gasteiger partial charge in [0.25, 0.3) is 0 Å². The van der Waals surface area contributed by atoms with Gasteiger partial charge in [0.2, 0.25) is 0 Å². The second-order valence-corrected chi connectivity index (χ2v) is 5.58. The van der Waals surface area contributed by atoms with Crippen LogP contribution in [0.1, 0.15) is 22.3 Å². The molecule has 2 N–H and O–H groups in total. The predicted molar refractivity (Wildman–Crippen MR) is 87.8 cm³/mol. The number of hydrogen-bond donors (Lipinski definition) is 2. The fourth-order valence-corrected chi connectivity index (χ4v) is 2.75. The number of halogens is 1. The summed E-state index contributed by atoms with van der Waals surface area (Å²) >= 11 is 0. The van der Waals surface area contributed by atoms with Gasteiger partial charge in [0.15, 0.2) is 0 Å². The zero-order valence-corrected chi connectivity index (χ0v) is 12.7. The summed E-state index contributed by atoms with van der Waals surface area (Å²) in [5.74, 6) is -0.186. The van der Waals surface area contributed by atoms with Crippen LogP contribution in [0.25, 0.3) is 0 Å². The van der Waals surface area contributed by atoms with Gasteiger partial charge in [-0.2, -0.15) is 0 Å². The van der Waals surface area contributed by atoms with E-state index in [-0.39, 0.29) is 11.6 Å². The number of aliphatic hydroxyl groups is 1. The summed E-state index contributed by atoms with van der Waals surface area (Å²) < 4.78 is 13.3. The van der Waals surface area contributed by atoms with E-state index < -0.39 is 5.60 Å². The van der Waals surface area contributed by atoms with E-state index in [2.05, 4.69) is 0 Å². The molecule has 0 radical (unpaired) electrons. The maximum atomic E-state index is 13.3. The summed E-state index contributed by atoms with van der Waals surface area (Å²) in [5, 5.41) is 21.3. The number of hydrogen-bond acceptors (Lipinski definition) is 2. The average molecular weight is 308 g/mol. The summed E-state index contributed by atoms with van der Waals surface area (Å²) in [4.78, 5) is 0. The molecule has 3 heteroatoms. The second kappa shape index (κ2) is 5.86. The molecule has 0 aliphatic heterocycles. The van der Waals surface area contributed by atoms with Crippen molar-refractivity contribution >= 4 is 0 Å². The minimum Gasteiger partial charge on any atom is -0.508 e. The predicted octanol–water partition coefficient (Wildman–Crippen LogP) is 4.12. The monoisotopic (exact) mass is 308 g/mol. The van der Waals surface area contributed by atoms with Gasteiger partial charge in [-0.25, -0.2) is 4.39 Å². The van der Waals surface area contributed by atoms with Crippen LogP contribution in [0.4, 0.5) is 4.39 Å². The summed E-state index contributed by atoms with van der Waals surface area (Å²) in [7, 11) is 0. The van der Waals surface area contributed by atoms with Crippen molar-refractivity contribution in [3.8, 4) is 5.75 Å². The molecule has 2 nitrogen and oxygen atoms in total. The molecular formula is C20H17FO2. The van der Waals surface area contributed by atoms with Gasteiger partial charge in [-0.3, -0.25) is 0 Å². The van der Waals surface area contributed by atoms with Crippen molar-refractivity contribution in [2.45, 2.75) is 12.5 Å². The molecule has 0 saturated heterocycles. The molecule has 3 aromatic carbocycles. The number of aromatic hydroxyl groups is 1. The van der Waals surface area contributed by atoms with Crippen LogP contribution in [0.2, 0.25) is 0 Å². The number of phenols is 1. The van der Waals surface area contributed by atoms with E-state index in [1.807, 2.05) is 30.3 Å². The molecule has 116 valence electrons. The van der Waals surface area contributed by atoms with E-state index in [1.165, 1.54) is 12.1 Å². The van der Waals surface area contributed by atoms with Gasteiger partial charge >= 0.3 is 0 Å². The highest BCUT2D eigenvalue weighted by molar-refractivity contribution is 5.49. The van der Waals surface area contributed by atoms with Crippen molar-refractivity contribution in [1.29, 1.82) is 0 Å². The Morgan fingerprint density at radius 2 is 1.35 bits per heavy atom. The molecule has 0 aliphatic carbocycles. The molecule has 0 spiro atoms. The van der Waals surface area contributed by atoms with Gasteiger partial charge in [0, 0.05) is 0 Å². The van der Waals surface area contributed by atoms with Gasteiger partial charge in [0.05, 0.1) is 0 Å². The molecule has 3 aromatic rings. The normalized spacial score (nSPS) is 13.5. The molecule has 0 aliphatic rings. The first-order chi connectivity index (χ1) is 11.0. The van der Waals surface area contributed by atoms with Crippen LogP contribution in [-0.2, 0) is 5.60 Å². The van der Waals surface area contributed by atoms with Crippen LogP contribution in [0.3, 0.4) is 0 Å². The lowest BCUT2D eigenvalue weighted by atomic mass is 9.80. The first-order valence-corrected chi connectivity index (χ1v) is 7.36. The van der Waals surface area contributed by atoms with Gasteiger partial charge in [-0.05, 0) is 53.4 Å². The Bertz CT molecular complexity index is 813. The van der Waals surface area contributed by atoms with E-state index in [9.17, 15) is 14.6 Å². The largest absolute Gasteiger partial charge is 0.508 e. The van der Waals surface area contributed by atoms with Crippen molar-refractivity contribution in [1.82, 2.24) is 0 Å². The van der Waals surface area contributed by atoms with E-state index >= 15 is 0 Å².